The van der Waals surface area contributed by atoms with E-state index in [0.29, 0.717) is 12.8 Å². The lowest BCUT2D eigenvalue weighted by Crippen LogP contribution is -2.62. The Morgan fingerprint density at radius 1 is 1.06 bits per heavy atom. The van der Waals surface area contributed by atoms with Gasteiger partial charge in [-0.1, -0.05) is 61.0 Å². The van der Waals surface area contributed by atoms with Crippen LogP contribution >= 0.6 is 0 Å². The van der Waals surface area contributed by atoms with Crippen LogP contribution in [0.2, 0.25) is 0 Å². The molecule has 31 heavy (non-hydrogen) atoms. The lowest BCUT2D eigenvalue weighted by Gasteiger charge is -2.37. The van der Waals surface area contributed by atoms with Crippen molar-refractivity contribution < 1.29 is 19.5 Å². The van der Waals surface area contributed by atoms with Crippen molar-refractivity contribution >= 4 is 17.8 Å². The van der Waals surface area contributed by atoms with Crippen molar-refractivity contribution in [2.75, 3.05) is 13.6 Å². The molecule has 0 aliphatic rings. The molecule has 3 N–H and O–H groups in total. The number of hydrogen-bond acceptors (Lipinski definition) is 4. The van der Waals surface area contributed by atoms with Crippen LogP contribution in [0.5, 0.6) is 0 Å². The summed E-state index contributed by atoms with van der Waals surface area (Å²) in [4.78, 5) is 39.7. The molecule has 0 aliphatic heterocycles. The highest BCUT2D eigenvalue weighted by atomic mass is 16.4. The average molecular weight is 440 g/mol. The number of carboxylic acid groups (broad SMARTS) is 1. The molecule has 0 fully saturated rings. The fourth-order valence-electron chi connectivity index (χ4n) is 3.67. The third-order valence-corrected chi connectivity index (χ3v) is 6.36. The van der Waals surface area contributed by atoms with Crippen LogP contribution in [0.3, 0.4) is 0 Å². The number of likely N-dealkylation sites (N-methyl/N-ethyl adjacent to an activating group) is 1. The van der Waals surface area contributed by atoms with Gasteiger partial charge in [-0.15, -0.1) is 0 Å². The summed E-state index contributed by atoms with van der Waals surface area (Å²) in [5.74, 6) is -1.40. The molecule has 0 spiro atoms. The van der Waals surface area contributed by atoms with Crippen LogP contribution < -0.4 is 10.6 Å². The Kier molecular flexibility index (Phi) is 12.7. The van der Waals surface area contributed by atoms with Crippen LogP contribution in [0.1, 0.15) is 81.1 Å². The maximum absolute atomic E-state index is 13.5. The fourth-order valence-corrected chi connectivity index (χ4v) is 3.67. The highest BCUT2D eigenvalue weighted by Gasteiger charge is 2.39. The topological polar surface area (TPSA) is 98.7 Å². The van der Waals surface area contributed by atoms with Crippen LogP contribution in [0.25, 0.3) is 0 Å². The predicted molar refractivity (Wildman–Crippen MR) is 126 cm³/mol. The van der Waals surface area contributed by atoms with Crippen LogP contribution in [0.4, 0.5) is 0 Å². The first-order valence-electron chi connectivity index (χ1n) is 11.7. The van der Waals surface area contributed by atoms with Crippen molar-refractivity contribution in [3.8, 4) is 0 Å². The molecule has 0 heterocycles. The second-order valence-corrected chi connectivity index (χ2v) is 8.89. The van der Waals surface area contributed by atoms with Gasteiger partial charge in [0.05, 0.1) is 11.6 Å². The lowest BCUT2D eigenvalue weighted by atomic mass is 9.89. The molecule has 3 atom stereocenters. The maximum atomic E-state index is 13.5. The van der Waals surface area contributed by atoms with Gasteiger partial charge in [-0.2, -0.15) is 0 Å². The van der Waals surface area contributed by atoms with Gasteiger partial charge in [-0.05, 0) is 44.6 Å². The summed E-state index contributed by atoms with van der Waals surface area (Å²) >= 11 is 0. The number of carbonyl (C=O) groups is 3. The van der Waals surface area contributed by atoms with Crippen molar-refractivity contribution in [3.05, 3.63) is 11.6 Å². The van der Waals surface area contributed by atoms with Gasteiger partial charge in [-0.3, -0.25) is 9.59 Å². The highest BCUT2D eigenvalue weighted by molar-refractivity contribution is 5.92. The van der Waals surface area contributed by atoms with E-state index in [0.717, 1.165) is 19.4 Å². The van der Waals surface area contributed by atoms with Gasteiger partial charge < -0.3 is 20.6 Å². The number of carbonyl (C=O) groups excluding carboxylic acids is 2. The lowest BCUT2D eigenvalue weighted by molar-refractivity contribution is -0.140. The molecule has 0 radical (unpaired) electrons. The molecule has 0 rings (SSSR count). The number of carboxylic acids is 1. The van der Waals surface area contributed by atoms with Gasteiger partial charge in [0.2, 0.25) is 11.8 Å². The normalized spacial score (nSPS) is 15.4. The number of nitrogens with zero attached hydrogens (tertiary/aromatic N) is 1. The van der Waals surface area contributed by atoms with E-state index in [1.807, 2.05) is 41.5 Å². The fraction of sp³-hybridized carbons (Fsp3) is 0.792. The molecule has 0 aromatic rings. The SMILES string of the molecule is CCCNC(CC)(CC)C(=O)N[C@H](C(=O)N(C)[C@H](/C=C(\C)C(=O)O)C(C)C)[C@@H](C)CC. The molecule has 7 heteroatoms. The summed E-state index contributed by atoms with van der Waals surface area (Å²) in [5.41, 5.74) is -0.514. The molecular weight excluding hydrogens is 394 g/mol. The zero-order valence-corrected chi connectivity index (χ0v) is 21.0. The summed E-state index contributed by atoms with van der Waals surface area (Å²) < 4.78 is 0. The van der Waals surface area contributed by atoms with Crippen LogP contribution in [-0.4, -0.2) is 59.0 Å². The third kappa shape index (κ3) is 7.95. The van der Waals surface area contributed by atoms with E-state index >= 15 is 0 Å². The first-order valence-corrected chi connectivity index (χ1v) is 11.7. The standard InChI is InChI=1S/C24H45N3O4/c1-10-14-25-24(12-3,13-4)23(31)26-20(17(7)11-2)21(28)27(9)19(16(5)6)15-18(8)22(29)30/h15-17,19-20,25H,10-14H2,1-9H3,(H,26,31)(H,29,30)/b18-15+/t17-,19+,20-/m0/s1. The van der Waals surface area contributed by atoms with Crippen molar-refractivity contribution in [3.63, 3.8) is 0 Å². The Hall–Kier alpha value is -1.89. The predicted octanol–water partition coefficient (Wildman–Crippen LogP) is 3.59. The minimum absolute atomic E-state index is 0.0214. The summed E-state index contributed by atoms with van der Waals surface area (Å²) in [6.07, 6.45) is 4.51. The second-order valence-electron chi connectivity index (χ2n) is 8.89. The van der Waals surface area contributed by atoms with E-state index in [-0.39, 0.29) is 35.3 Å². The molecule has 0 saturated heterocycles. The molecule has 7 nitrogen and oxygen atoms in total. The van der Waals surface area contributed by atoms with E-state index in [1.165, 1.54) is 6.92 Å². The minimum Gasteiger partial charge on any atom is -0.478 e. The third-order valence-electron chi connectivity index (χ3n) is 6.36. The molecule has 2 amide bonds. The average Bonchev–Trinajstić information content (AvgIpc) is 2.74. The van der Waals surface area contributed by atoms with Crippen LogP contribution in [0.15, 0.2) is 11.6 Å². The smallest absolute Gasteiger partial charge is 0.331 e. The molecule has 0 saturated carbocycles. The Bertz CT molecular complexity index is 626. The Morgan fingerprint density at radius 3 is 2.00 bits per heavy atom. The van der Waals surface area contributed by atoms with E-state index in [4.69, 9.17) is 0 Å². The van der Waals surface area contributed by atoms with Crippen molar-refractivity contribution in [1.29, 1.82) is 0 Å². The van der Waals surface area contributed by atoms with E-state index < -0.39 is 17.6 Å². The molecular formula is C24H45N3O4. The number of rotatable bonds is 14. The van der Waals surface area contributed by atoms with Crippen molar-refractivity contribution in [1.82, 2.24) is 15.5 Å². The highest BCUT2D eigenvalue weighted by Crippen LogP contribution is 2.21. The van der Waals surface area contributed by atoms with E-state index in [1.54, 1.807) is 18.0 Å². The van der Waals surface area contributed by atoms with Crippen LogP contribution in [-0.2, 0) is 14.4 Å². The monoisotopic (exact) mass is 439 g/mol. The largest absolute Gasteiger partial charge is 0.478 e. The van der Waals surface area contributed by atoms with Gasteiger partial charge in [0.1, 0.15) is 6.04 Å². The number of hydrogen-bond donors (Lipinski definition) is 3. The van der Waals surface area contributed by atoms with Gasteiger partial charge >= 0.3 is 5.97 Å². The Morgan fingerprint density at radius 2 is 1.61 bits per heavy atom. The van der Waals surface area contributed by atoms with E-state index in [2.05, 4.69) is 17.6 Å². The Labute approximate surface area is 189 Å². The minimum atomic E-state index is -1.00. The summed E-state index contributed by atoms with van der Waals surface area (Å²) in [7, 11) is 1.68. The molecule has 0 aromatic carbocycles. The maximum Gasteiger partial charge on any atom is 0.331 e. The molecule has 0 unspecified atom stereocenters. The Balaban J connectivity index is 5.92. The number of nitrogens with one attached hydrogen (secondary N) is 2. The molecule has 0 aliphatic carbocycles. The van der Waals surface area contributed by atoms with Crippen LogP contribution in [0, 0.1) is 11.8 Å². The molecule has 0 bridgehead atoms. The van der Waals surface area contributed by atoms with Gasteiger partial charge in [0.25, 0.3) is 0 Å². The van der Waals surface area contributed by atoms with Crippen molar-refractivity contribution in [2.24, 2.45) is 11.8 Å². The first kappa shape index (κ1) is 29.1. The van der Waals surface area contributed by atoms with E-state index in [9.17, 15) is 19.5 Å². The zero-order chi connectivity index (χ0) is 24.4. The van der Waals surface area contributed by atoms with Crippen molar-refractivity contribution in [2.45, 2.75) is 98.7 Å². The summed E-state index contributed by atoms with van der Waals surface area (Å²) in [6, 6.07) is -1.06. The van der Waals surface area contributed by atoms with Gasteiger partial charge in [-0.25, -0.2) is 4.79 Å². The quantitative estimate of drug-likeness (QED) is 0.359. The first-order chi connectivity index (χ1) is 14.4. The van der Waals surface area contributed by atoms with Gasteiger partial charge in [0, 0.05) is 12.6 Å². The van der Waals surface area contributed by atoms with Gasteiger partial charge in [0.15, 0.2) is 0 Å². The second kappa shape index (κ2) is 13.5. The number of amides is 2. The summed E-state index contributed by atoms with van der Waals surface area (Å²) in [5, 5.41) is 15.7. The molecule has 0 aromatic heterocycles. The summed E-state index contributed by atoms with van der Waals surface area (Å²) in [6.45, 7) is 16.1. The molecule has 180 valence electrons. The number of aliphatic carboxylic acids is 1. The zero-order valence-electron chi connectivity index (χ0n) is 21.0.